The summed E-state index contributed by atoms with van der Waals surface area (Å²) in [7, 11) is 1.63. The highest BCUT2D eigenvalue weighted by atomic mass is 16.1. The Hall–Kier alpha value is -3.81. The molecule has 1 aliphatic heterocycles. The third-order valence-corrected chi connectivity index (χ3v) is 6.04. The molecule has 1 aliphatic rings. The van der Waals surface area contributed by atoms with Gasteiger partial charge in [-0.25, -0.2) is 14.6 Å². The number of hydrogen-bond donors (Lipinski definition) is 1. The first kappa shape index (κ1) is 20.1. The van der Waals surface area contributed by atoms with Gasteiger partial charge in [0.2, 0.25) is 5.95 Å². The van der Waals surface area contributed by atoms with E-state index in [9.17, 15) is 4.79 Å². The highest BCUT2D eigenvalue weighted by molar-refractivity contribution is 5.94. The van der Waals surface area contributed by atoms with Crippen molar-refractivity contribution in [3.05, 3.63) is 66.0 Å². The molecule has 0 bridgehead atoms. The maximum atomic E-state index is 11.8. The van der Waals surface area contributed by atoms with E-state index in [2.05, 4.69) is 53.4 Å². The molecule has 5 rings (SSSR count). The van der Waals surface area contributed by atoms with Gasteiger partial charge < -0.3 is 10.2 Å². The van der Waals surface area contributed by atoms with Crippen LogP contribution in [0.3, 0.4) is 0 Å². The zero-order valence-electron chi connectivity index (χ0n) is 18.2. The maximum absolute atomic E-state index is 11.8. The van der Waals surface area contributed by atoms with Crippen molar-refractivity contribution in [2.45, 2.75) is 25.8 Å². The molecule has 0 saturated carbocycles. The van der Waals surface area contributed by atoms with Crippen LogP contribution in [0.2, 0.25) is 0 Å². The van der Waals surface area contributed by atoms with Gasteiger partial charge in [-0.3, -0.25) is 4.79 Å². The summed E-state index contributed by atoms with van der Waals surface area (Å²) in [4.78, 5) is 22.9. The fraction of sp³-hybridized carbons (Fsp3) is 0.292. The van der Waals surface area contributed by atoms with Gasteiger partial charge in [0.25, 0.3) is 5.91 Å². The Balaban J connectivity index is 1.32. The minimum atomic E-state index is -0.0880. The second kappa shape index (κ2) is 8.37. The molecule has 1 N–H and O–H groups in total. The van der Waals surface area contributed by atoms with Crippen LogP contribution in [-0.2, 0) is 0 Å². The van der Waals surface area contributed by atoms with Crippen LogP contribution < -0.4 is 10.2 Å². The van der Waals surface area contributed by atoms with Crippen molar-refractivity contribution in [3.63, 3.8) is 0 Å². The standard InChI is InChI=1S/C24H25N7O/c1-16-14-26-24(27-15-16)30-11-9-20(10-12-30)31-22-8-7-19(13-21(22)28-29-31)17-3-5-18(6-4-17)23(32)25-2/h3-8,13-15,20H,9-12H2,1-2H3,(H,25,32). The molecule has 1 fully saturated rings. The van der Waals surface area contributed by atoms with E-state index in [1.54, 1.807) is 7.05 Å². The Morgan fingerprint density at radius 1 is 1.00 bits per heavy atom. The number of amides is 1. The highest BCUT2D eigenvalue weighted by Gasteiger charge is 2.24. The van der Waals surface area contributed by atoms with Crippen molar-refractivity contribution in [1.82, 2.24) is 30.3 Å². The molecule has 32 heavy (non-hydrogen) atoms. The lowest BCUT2D eigenvalue weighted by molar-refractivity contribution is 0.0963. The van der Waals surface area contributed by atoms with E-state index in [1.807, 2.05) is 43.6 Å². The summed E-state index contributed by atoms with van der Waals surface area (Å²) in [5.74, 6) is 0.708. The number of carbonyl (C=O) groups excluding carboxylic acids is 1. The molecule has 0 aliphatic carbocycles. The molecule has 8 heteroatoms. The van der Waals surface area contributed by atoms with Gasteiger partial charge >= 0.3 is 0 Å². The molecule has 3 heterocycles. The number of rotatable bonds is 4. The van der Waals surface area contributed by atoms with Crippen LogP contribution in [0.15, 0.2) is 54.9 Å². The van der Waals surface area contributed by atoms with Gasteiger partial charge in [-0.2, -0.15) is 0 Å². The van der Waals surface area contributed by atoms with Crippen LogP contribution in [0, 0.1) is 6.92 Å². The lowest BCUT2D eigenvalue weighted by atomic mass is 10.0. The van der Waals surface area contributed by atoms with Crippen molar-refractivity contribution in [2.24, 2.45) is 0 Å². The van der Waals surface area contributed by atoms with Gasteiger partial charge in [-0.15, -0.1) is 5.10 Å². The fourth-order valence-corrected chi connectivity index (χ4v) is 4.21. The molecule has 0 radical (unpaired) electrons. The van der Waals surface area contributed by atoms with Crippen molar-refractivity contribution < 1.29 is 4.79 Å². The van der Waals surface area contributed by atoms with Gasteiger partial charge in [-0.1, -0.05) is 23.4 Å². The molecule has 0 atom stereocenters. The van der Waals surface area contributed by atoms with E-state index >= 15 is 0 Å². The average Bonchev–Trinajstić information content (AvgIpc) is 3.27. The quantitative estimate of drug-likeness (QED) is 0.537. The highest BCUT2D eigenvalue weighted by Crippen LogP contribution is 2.29. The third kappa shape index (κ3) is 3.79. The summed E-state index contributed by atoms with van der Waals surface area (Å²) in [6.45, 7) is 3.78. The summed E-state index contributed by atoms with van der Waals surface area (Å²) >= 11 is 0. The first-order valence-corrected chi connectivity index (χ1v) is 10.8. The molecule has 0 spiro atoms. The topological polar surface area (TPSA) is 88.8 Å². The number of nitrogens with one attached hydrogen (secondary N) is 1. The molecule has 4 aromatic rings. The molecule has 8 nitrogen and oxygen atoms in total. The Bertz CT molecular complexity index is 1240. The van der Waals surface area contributed by atoms with Crippen LogP contribution >= 0.6 is 0 Å². The van der Waals surface area contributed by atoms with E-state index in [-0.39, 0.29) is 5.91 Å². The van der Waals surface area contributed by atoms with Crippen LogP contribution in [-0.4, -0.2) is 51.0 Å². The number of benzene rings is 2. The Labute approximate surface area is 186 Å². The number of aryl methyl sites for hydroxylation is 1. The largest absolute Gasteiger partial charge is 0.355 e. The van der Waals surface area contributed by atoms with Crippen molar-refractivity contribution in [1.29, 1.82) is 0 Å². The zero-order chi connectivity index (χ0) is 22.1. The predicted molar refractivity (Wildman–Crippen MR) is 124 cm³/mol. The summed E-state index contributed by atoms with van der Waals surface area (Å²) in [5, 5.41) is 11.6. The molecular weight excluding hydrogens is 402 g/mol. The number of fused-ring (bicyclic) bond motifs is 1. The van der Waals surface area contributed by atoms with E-state index in [0.717, 1.165) is 59.6 Å². The maximum Gasteiger partial charge on any atom is 0.251 e. The molecular formula is C24H25N7O. The van der Waals surface area contributed by atoms with E-state index < -0.39 is 0 Å². The summed E-state index contributed by atoms with van der Waals surface area (Å²) in [5.41, 5.74) is 5.73. The second-order valence-corrected chi connectivity index (χ2v) is 8.17. The van der Waals surface area contributed by atoms with Crippen molar-refractivity contribution in [3.8, 4) is 11.1 Å². The molecule has 2 aromatic heterocycles. The molecule has 162 valence electrons. The SMILES string of the molecule is CNC(=O)c1ccc(-c2ccc3c(c2)nnn3C2CCN(c3ncc(C)cn3)CC2)cc1. The number of aromatic nitrogens is 5. The summed E-state index contributed by atoms with van der Waals surface area (Å²) < 4.78 is 2.06. The van der Waals surface area contributed by atoms with E-state index in [1.165, 1.54) is 0 Å². The molecule has 1 saturated heterocycles. The Morgan fingerprint density at radius 3 is 2.38 bits per heavy atom. The zero-order valence-corrected chi connectivity index (χ0v) is 18.2. The Kier molecular flexibility index (Phi) is 5.26. The van der Waals surface area contributed by atoms with Crippen molar-refractivity contribution in [2.75, 3.05) is 25.0 Å². The molecule has 0 unspecified atom stereocenters. The van der Waals surface area contributed by atoms with Crippen LogP contribution in [0.4, 0.5) is 5.95 Å². The number of piperidine rings is 1. The van der Waals surface area contributed by atoms with Gasteiger partial charge in [0, 0.05) is 38.1 Å². The minimum Gasteiger partial charge on any atom is -0.355 e. The summed E-state index contributed by atoms with van der Waals surface area (Å²) in [6.07, 6.45) is 5.67. The van der Waals surface area contributed by atoms with Gasteiger partial charge in [0.15, 0.2) is 0 Å². The third-order valence-electron chi connectivity index (χ3n) is 6.04. The minimum absolute atomic E-state index is 0.0880. The van der Waals surface area contributed by atoms with Gasteiger partial charge in [-0.05, 0) is 60.7 Å². The predicted octanol–water partition coefficient (Wildman–Crippen LogP) is 3.40. The smallest absolute Gasteiger partial charge is 0.251 e. The lowest BCUT2D eigenvalue weighted by Gasteiger charge is -2.32. The molecule has 1 amide bonds. The van der Waals surface area contributed by atoms with Gasteiger partial charge in [0.1, 0.15) is 5.52 Å². The summed E-state index contributed by atoms with van der Waals surface area (Å²) in [6, 6.07) is 14.1. The van der Waals surface area contributed by atoms with E-state index in [4.69, 9.17) is 0 Å². The normalized spacial score (nSPS) is 14.6. The number of carbonyl (C=O) groups is 1. The first-order chi connectivity index (χ1) is 15.6. The van der Waals surface area contributed by atoms with Crippen LogP contribution in [0.5, 0.6) is 0 Å². The number of hydrogen-bond acceptors (Lipinski definition) is 6. The molecule has 2 aromatic carbocycles. The number of anilines is 1. The fourth-order valence-electron chi connectivity index (χ4n) is 4.21. The second-order valence-electron chi connectivity index (χ2n) is 8.17. The number of nitrogens with zero attached hydrogens (tertiary/aromatic N) is 6. The average molecular weight is 428 g/mol. The van der Waals surface area contributed by atoms with Gasteiger partial charge in [0.05, 0.1) is 11.6 Å². The lowest BCUT2D eigenvalue weighted by Crippen LogP contribution is -2.36. The van der Waals surface area contributed by atoms with Crippen LogP contribution in [0.1, 0.15) is 34.8 Å². The first-order valence-electron chi connectivity index (χ1n) is 10.8. The Morgan fingerprint density at radius 2 is 1.69 bits per heavy atom. The van der Waals surface area contributed by atoms with Crippen molar-refractivity contribution >= 4 is 22.9 Å². The van der Waals surface area contributed by atoms with E-state index in [0.29, 0.717) is 11.6 Å². The monoisotopic (exact) mass is 427 g/mol. The van der Waals surface area contributed by atoms with Crippen LogP contribution in [0.25, 0.3) is 22.2 Å².